The number of hydrogen-bond acceptors (Lipinski definition) is 8. The van der Waals surface area contributed by atoms with E-state index in [0.29, 0.717) is 23.1 Å². The zero-order valence-corrected chi connectivity index (χ0v) is 16.6. The van der Waals surface area contributed by atoms with Gasteiger partial charge in [0.2, 0.25) is 5.76 Å². The third kappa shape index (κ3) is 3.50. The van der Waals surface area contributed by atoms with Crippen LogP contribution in [-0.2, 0) is 21.0 Å². The van der Waals surface area contributed by atoms with Crippen LogP contribution in [0.1, 0.15) is 29.6 Å². The van der Waals surface area contributed by atoms with Crippen LogP contribution in [0.15, 0.2) is 37.5 Å². The molecule has 0 saturated heterocycles. The molecule has 9 nitrogen and oxygen atoms in total. The van der Waals surface area contributed by atoms with E-state index < -0.39 is 39.4 Å². The number of carboxylic acid groups (broad SMARTS) is 1. The number of halogens is 3. The van der Waals surface area contributed by atoms with E-state index in [1.807, 2.05) is 0 Å². The summed E-state index contributed by atoms with van der Waals surface area (Å²) in [5.41, 5.74) is -1.47. The molecule has 0 spiro atoms. The van der Waals surface area contributed by atoms with Crippen LogP contribution in [0.2, 0.25) is 0 Å². The number of carboxylic acids is 1. The molecule has 30 heavy (non-hydrogen) atoms. The van der Waals surface area contributed by atoms with Crippen LogP contribution < -0.4 is 4.72 Å². The zero-order valence-electron chi connectivity index (χ0n) is 14.9. The lowest BCUT2D eigenvalue weighted by Gasteiger charge is -2.13. The maximum atomic E-state index is 12.7. The van der Waals surface area contributed by atoms with Crippen LogP contribution >= 0.6 is 11.3 Å². The van der Waals surface area contributed by atoms with E-state index in [0.717, 1.165) is 6.07 Å². The minimum Gasteiger partial charge on any atom is -0.480 e. The maximum absolute atomic E-state index is 12.7. The fraction of sp³-hybridized carbons (Fsp3) is 0.312. The van der Waals surface area contributed by atoms with Gasteiger partial charge in [0.15, 0.2) is 0 Å². The van der Waals surface area contributed by atoms with Gasteiger partial charge in [-0.2, -0.15) is 17.9 Å². The number of sulfonamides is 1. The molecule has 1 fully saturated rings. The predicted octanol–water partition coefficient (Wildman–Crippen LogP) is 3.01. The summed E-state index contributed by atoms with van der Waals surface area (Å²) in [6.07, 6.45) is -4.76. The molecule has 14 heteroatoms. The number of rotatable bonds is 6. The highest BCUT2D eigenvalue weighted by Gasteiger charge is 2.65. The SMILES string of the molecule is Cc1cc([C@@H]2C[C@]2(NS(=O)(=O)c2ccc(-c3cc(C(F)(F)F)on3)s2)C(=O)O)on1. The molecular weight excluding hydrogens is 451 g/mol. The number of thiophene rings is 1. The van der Waals surface area contributed by atoms with Gasteiger partial charge in [0.1, 0.15) is 21.2 Å². The fourth-order valence-corrected chi connectivity index (χ4v) is 5.63. The van der Waals surface area contributed by atoms with Gasteiger partial charge in [0.25, 0.3) is 10.0 Å². The van der Waals surface area contributed by atoms with Crippen molar-refractivity contribution in [1.82, 2.24) is 15.0 Å². The normalized spacial score (nSPS) is 21.7. The molecule has 0 unspecified atom stereocenters. The Morgan fingerprint density at radius 3 is 2.60 bits per heavy atom. The number of aryl methyl sites for hydroxylation is 1. The smallest absolute Gasteiger partial charge is 0.452 e. The highest BCUT2D eigenvalue weighted by Crippen LogP contribution is 2.52. The van der Waals surface area contributed by atoms with Crippen LogP contribution in [0.5, 0.6) is 0 Å². The molecular formula is C16H12F3N3O6S2. The van der Waals surface area contributed by atoms with Gasteiger partial charge in [0.05, 0.1) is 16.5 Å². The molecule has 160 valence electrons. The number of aromatic nitrogens is 2. The molecule has 1 aliphatic rings. The molecule has 0 bridgehead atoms. The minimum atomic E-state index is -4.73. The molecule has 0 aliphatic heterocycles. The summed E-state index contributed by atoms with van der Waals surface area (Å²) >= 11 is 0.629. The van der Waals surface area contributed by atoms with E-state index in [-0.39, 0.29) is 27.0 Å². The van der Waals surface area contributed by atoms with Crippen LogP contribution in [-0.4, -0.2) is 35.3 Å². The van der Waals surface area contributed by atoms with Crippen molar-refractivity contribution in [3.05, 3.63) is 41.5 Å². The molecule has 2 N–H and O–H groups in total. The second-order valence-electron chi connectivity index (χ2n) is 6.70. The Kier molecular flexibility index (Phi) is 4.56. The Morgan fingerprint density at radius 1 is 1.30 bits per heavy atom. The van der Waals surface area contributed by atoms with Gasteiger partial charge in [-0.25, -0.2) is 8.42 Å². The zero-order chi connectivity index (χ0) is 21.9. The summed E-state index contributed by atoms with van der Waals surface area (Å²) in [6, 6.07) is 4.58. The van der Waals surface area contributed by atoms with Gasteiger partial charge in [-0.3, -0.25) is 4.79 Å². The molecule has 4 rings (SSSR count). The summed E-state index contributed by atoms with van der Waals surface area (Å²) in [5.74, 6) is -3.20. The molecule has 0 aromatic carbocycles. The Hall–Kier alpha value is -2.71. The van der Waals surface area contributed by atoms with E-state index in [1.165, 1.54) is 12.1 Å². The van der Waals surface area contributed by atoms with Crippen molar-refractivity contribution in [2.45, 2.75) is 35.2 Å². The first kappa shape index (κ1) is 20.6. The van der Waals surface area contributed by atoms with Crippen LogP contribution in [0.3, 0.4) is 0 Å². The second kappa shape index (κ2) is 6.65. The van der Waals surface area contributed by atoms with Gasteiger partial charge < -0.3 is 14.2 Å². The molecule has 0 amide bonds. The number of alkyl halides is 3. The molecule has 3 aromatic heterocycles. The van der Waals surface area contributed by atoms with Crippen LogP contribution in [0.4, 0.5) is 13.2 Å². The Labute approximate surface area is 170 Å². The summed E-state index contributed by atoms with van der Waals surface area (Å²) in [6.45, 7) is 1.64. The quantitative estimate of drug-likeness (QED) is 0.570. The Balaban J connectivity index is 1.58. The van der Waals surface area contributed by atoms with Crippen LogP contribution in [0.25, 0.3) is 10.6 Å². The van der Waals surface area contributed by atoms with E-state index in [1.54, 1.807) is 6.92 Å². The summed E-state index contributed by atoms with van der Waals surface area (Å²) in [7, 11) is -4.30. The molecule has 2 atom stereocenters. The van der Waals surface area contributed by atoms with Gasteiger partial charge >= 0.3 is 12.1 Å². The maximum Gasteiger partial charge on any atom is 0.452 e. The predicted molar refractivity (Wildman–Crippen MR) is 94.1 cm³/mol. The van der Waals surface area contributed by atoms with Crippen molar-refractivity contribution in [2.75, 3.05) is 0 Å². The van der Waals surface area contributed by atoms with Crippen molar-refractivity contribution >= 4 is 27.3 Å². The first-order valence-electron chi connectivity index (χ1n) is 8.27. The van der Waals surface area contributed by atoms with Crippen molar-refractivity contribution in [3.8, 4) is 10.6 Å². The van der Waals surface area contributed by atoms with E-state index in [9.17, 15) is 31.5 Å². The standard InChI is InChI=1S/C16H12F3N3O6S2/c1-7-4-10(27-20-7)8-6-15(8,14(23)24)22-30(25,26)13-3-2-11(29-13)9-5-12(28-21-9)16(17,18)19/h2-5,8,22H,6H2,1H3,(H,23,24)/t8-,15+/m0/s1. The molecule has 1 saturated carbocycles. The van der Waals surface area contributed by atoms with Crippen molar-refractivity contribution < 1.29 is 40.5 Å². The molecule has 3 heterocycles. The summed E-state index contributed by atoms with van der Waals surface area (Å²) in [5, 5.41) is 16.6. The third-order valence-electron chi connectivity index (χ3n) is 4.54. The van der Waals surface area contributed by atoms with Crippen molar-refractivity contribution in [1.29, 1.82) is 0 Å². The van der Waals surface area contributed by atoms with Gasteiger partial charge in [-0.05, 0) is 25.5 Å². The third-order valence-corrected chi connectivity index (χ3v) is 7.65. The first-order valence-corrected chi connectivity index (χ1v) is 10.6. The monoisotopic (exact) mass is 463 g/mol. The van der Waals surface area contributed by atoms with Crippen LogP contribution in [0, 0.1) is 6.92 Å². The average Bonchev–Trinajstić information content (AvgIpc) is 3.12. The lowest BCUT2D eigenvalue weighted by molar-refractivity contribution is -0.155. The number of nitrogens with one attached hydrogen (secondary N) is 1. The number of carbonyl (C=O) groups is 1. The molecule has 0 radical (unpaired) electrons. The minimum absolute atomic E-state index is 0.0351. The Bertz CT molecular complexity index is 1230. The summed E-state index contributed by atoms with van der Waals surface area (Å²) in [4.78, 5) is 11.9. The number of hydrogen-bond donors (Lipinski definition) is 2. The summed E-state index contributed by atoms with van der Waals surface area (Å²) < 4.78 is 74.6. The first-order chi connectivity index (χ1) is 13.9. The van der Waals surface area contributed by atoms with Crippen molar-refractivity contribution in [2.24, 2.45) is 0 Å². The Morgan fingerprint density at radius 2 is 2.03 bits per heavy atom. The van der Waals surface area contributed by atoms with E-state index >= 15 is 0 Å². The van der Waals surface area contributed by atoms with Gasteiger partial charge in [-0.15, -0.1) is 11.3 Å². The second-order valence-corrected chi connectivity index (χ2v) is 9.70. The highest BCUT2D eigenvalue weighted by molar-refractivity contribution is 7.91. The van der Waals surface area contributed by atoms with Crippen molar-refractivity contribution in [3.63, 3.8) is 0 Å². The number of aliphatic carboxylic acids is 1. The topological polar surface area (TPSA) is 136 Å². The van der Waals surface area contributed by atoms with E-state index in [4.69, 9.17) is 4.52 Å². The van der Waals surface area contributed by atoms with Gasteiger partial charge in [-0.1, -0.05) is 10.3 Å². The average molecular weight is 463 g/mol. The molecule has 1 aliphatic carbocycles. The van der Waals surface area contributed by atoms with Gasteiger partial charge in [0, 0.05) is 12.1 Å². The largest absolute Gasteiger partial charge is 0.480 e. The highest BCUT2D eigenvalue weighted by atomic mass is 32.2. The number of nitrogens with zero attached hydrogens (tertiary/aromatic N) is 2. The van der Waals surface area contributed by atoms with E-state index in [2.05, 4.69) is 19.6 Å². The lowest BCUT2D eigenvalue weighted by Crippen LogP contribution is -2.44. The molecule has 3 aromatic rings. The fourth-order valence-electron chi connectivity index (χ4n) is 2.96. The lowest BCUT2D eigenvalue weighted by atomic mass is 10.2.